The summed E-state index contributed by atoms with van der Waals surface area (Å²) in [4.78, 5) is 36.0. The molecule has 3 N–H and O–H groups in total. The Morgan fingerprint density at radius 1 is 1.19 bits per heavy atom. The Morgan fingerprint density at radius 3 is 2.38 bits per heavy atom. The second kappa shape index (κ2) is 8.49. The zero-order valence-electron chi connectivity index (χ0n) is 12.7. The van der Waals surface area contributed by atoms with Crippen molar-refractivity contribution in [1.29, 1.82) is 0 Å². The standard InChI is InChI=1S/C14H25N3O4/c1-3-17(4-2)12(18)7-8-15-14(21)16-11-6-5-10(9-11)13(19)20/h10-11H,3-9H2,1-2H3,(H,19,20)(H2,15,16,21)/t10-,11+/m1/s1. The van der Waals surface area contributed by atoms with Gasteiger partial charge >= 0.3 is 12.0 Å². The number of urea groups is 1. The Kier molecular flexibility index (Phi) is 6.98. The van der Waals surface area contributed by atoms with Crippen molar-refractivity contribution < 1.29 is 19.5 Å². The van der Waals surface area contributed by atoms with Gasteiger partial charge in [-0.05, 0) is 33.1 Å². The largest absolute Gasteiger partial charge is 0.481 e. The Labute approximate surface area is 125 Å². The van der Waals surface area contributed by atoms with E-state index in [1.54, 1.807) is 4.90 Å². The normalized spacial score (nSPS) is 20.9. The van der Waals surface area contributed by atoms with Crippen LogP contribution in [0.3, 0.4) is 0 Å². The summed E-state index contributed by atoms with van der Waals surface area (Å²) in [6, 6.07) is -0.428. The van der Waals surface area contributed by atoms with Crippen LogP contribution in [0.1, 0.15) is 39.5 Å². The molecule has 0 aromatic rings. The van der Waals surface area contributed by atoms with E-state index in [0.29, 0.717) is 32.4 Å². The van der Waals surface area contributed by atoms with Crippen LogP contribution >= 0.6 is 0 Å². The highest BCUT2D eigenvalue weighted by atomic mass is 16.4. The summed E-state index contributed by atoms with van der Waals surface area (Å²) >= 11 is 0. The minimum absolute atomic E-state index is 0.0205. The lowest BCUT2D eigenvalue weighted by Crippen LogP contribution is -2.42. The first-order valence-corrected chi connectivity index (χ1v) is 7.52. The Bertz CT molecular complexity index is 382. The molecule has 0 spiro atoms. The van der Waals surface area contributed by atoms with E-state index in [4.69, 9.17) is 5.11 Å². The first kappa shape index (κ1) is 17.3. The second-order valence-corrected chi connectivity index (χ2v) is 5.26. The number of carboxylic acids is 1. The fourth-order valence-corrected chi connectivity index (χ4v) is 2.59. The van der Waals surface area contributed by atoms with Crippen molar-refractivity contribution in [2.45, 2.75) is 45.6 Å². The highest BCUT2D eigenvalue weighted by Crippen LogP contribution is 2.25. The number of rotatable bonds is 7. The van der Waals surface area contributed by atoms with Gasteiger partial charge in [-0.2, -0.15) is 0 Å². The first-order chi connectivity index (χ1) is 9.97. The molecule has 120 valence electrons. The number of carbonyl (C=O) groups is 3. The van der Waals surface area contributed by atoms with Crippen molar-refractivity contribution in [1.82, 2.24) is 15.5 Å². The number of nitrogens with zero attached hydrogens (tertiary/aromatic N) is 1. The summed E-state index contributed by atoms with van der Waals surface area (Å²) in [6.45, 7) is 5.46. The third kappa shape index (κ3) is 5.61. The van der Waals surface area contributed by atoms with Gasteiger partial charge in [0.1, 0.15) is 0 Å². The van der Waals surface area contributed by atoms with E-state index in [1.807, 2.05) is 13.8 Å². The number of amides is 3. The quantitative estimate of drug-likeness (QED) is 0.647. The van der Waals surface area contributed by atoms with Crippen LogP contribution < -0.4 is 10.6 Å². The molecule has 1 rings (SSSR count). The third-order valence-corrected chi connectivity index (χ3v) is 3.86. The van der Waals surface area contributed by atoms with Crippen molar-refractivity contribution in [2.24, 2.45) is 5.92 Å². The van der Waals surface area contributed by atoms with Crippen LogP contribution in [0.5, 0.6) is 0 Å². The van der Waals surface area contributed by atoms with Gasteiger partial charge in [-0.3, -0.25) is 9.59 Å². The van der Waals surface area contributed by atoms with Gasteiger partial charge in [0.25, 0.3) is 0 Å². The Balaban J connectivity index is 2.20. The van der Waals surface area contributed by atoms with Crippen molar-refractivity contribution in [3.05, 3.63) is 0 Å². The van der Waals surface area contributed by atoms with Crippen LogP contribution in [-0.2, 0) is 9.59 Å². The van der Waals surface area contributed by atoms with Crippen LogP contribution in [-0.4, -0.2) is 53.6 Å². The van der Waals surface area contributed by atoms with Gasteiger partial charge in [-0.25, -0.2) is 4.79 Å². The van der Waals surface area contributed by atoms with Crippen LogP contribution in [0, 0.1) is 5.92 Å². The van der Waals surface area contributed by atoms with Crippen LogP contribution in [0.4, 0.5) is 4.79 Å². The maximum Gasteiger partial charge on any atom is 0.315 e. The molecule has 2 atom stereocenters. The van der Waals surface area contributed by atoms with Gasteiger partial charge in [0.15, 0.2) is 0 Å². The van der Waals surface area contributed by atoms with Crippen molar-refractivity contribution in [2.75, 3.05) is 19.6 Å². The lowest BCUT2D eigenvalue weighted by atomic mass is 10.1. The zero-order chi connectivity index (χ0) is 15.8. The molecule has 0 bridgehead atoms. The number of carboxylic acid groups (broad SMARTS) is 1. The molecule has 0 aromatic heterocycles. The minimum atomic E-state index is -0.801. The molecule has 0 aromatic carbocycles. The van der Waals surface area contributed by atoms with Gasteiger partial charge < -0.3 is 20.6 Å². The predicted molar refractivity (Wildman–Crippen MR) is 77.8 cm³/mol. The number of aliphatic carboxylic acids is 1. The predicted octanol–water partition coefficient (Wildman–Crippen LogP) is 0.797. The maximum absolute atomic E-state index is 11.7. The molecule has 1 aliphatic carbocycles. The monoisotopic (exact) mass is 299 g/mol. The van der Waals surface area contributed by atoms with Crippen molar-refractivity contribution >= 4 is 17.9 Å². The van der Waals surface area contributed by atoms with Crippen LogP contribution in [0.25, 0.3) is 0 Å². The summed E-state index contributed by atoms with van der Waals surface area (Å²) in [5, 5.41) is 14.3. The molecule has 7 nitrogen and oxygen atoms in total. The lowest BCUT2D eigenvalue weighted by Gasteiger charge is -2.19. The van der Waals surface area contributed by atoms with E-state index < -0.39 is 5.97 Å². The zero-order valence-corrected chi connectivity index (χ0v) is 12.7. The van der Waals surface area contributed by atoms with Gasteiger partial charge in [0, 0.05) is 32.1 Å². The molecular weight excluding hydrogens is 274 g/mol. The number of nitrogens with one attached hydrogen (secondary N) is 2. The van der Waals surface area contributed by atoms with Crippen molar-refractivity contribution in [3.8, 4) is 0 Å². The average Bonchev–Trinajstić information content (AvgIpc) is 2.88. The summed E-state index contributed by atoms with van der Waals surface area (Å²) in [5.74, 6) is -1.14. The molecule has 1 saturated carbocycles. The lowest BCUT2D eigenvalue weighted by molar-refractivity contribution is -0.141. The average molecular weight is 299 g/mol. The Hall–Kier alpha value is -1.79. The topological polar surface area (TPSA) is 98.7 Å². The second-order valence-electron chi connectivity index (χ2n) is 5.26. The van der Waals surface area contributed by atoms with E-state index in [2.05, 4.69) is 10.6 Å². The third-order valence-electron chi connectivity index (χ3n) is 3.86. The molecular formula is C14H25N3O4. The maximum atomic E-state index is 11.7. The fourth-order valence-electron chi connectivity index (χ4n) is 2.59. The van der Waals surface area contributed by atoms with Crippen molar-refractivity contribution in [3.63, 3.8) is 0 Å². The molecule has 0 radical (unpaired) electrons. The molecule has 0 heterocycles. The van der Waals surface area contributed by atoms with E-state index in [1.165, 1.54) is 0 Å². The molecule has 21 heavy (non-hydrogen) atoms. The molecule has 7 heteroatoms. The van der Waals surface area contributed by atoms with Gasteiger partial charge in [0.05, 0.1) is 5.92 Å². The highest BCUT2D eigenvalue weighted by Gasteiger charge is 2.30. The number of hydrogen-bond donors (Lipinski definition) is 3. The molecule has 0 unspecified atom stereocenters. The van der Waals surface area contributed by atoms with Gasteiger partial charge in [0.2, 0.25) is 5.91 Å². The van der Waals surface area contributed by atoms with Crippen LogP contribution in [0.15, 0.2) is 0 Å². The molecule has 0 saturated heterocycles. The fraction of sp³-hybridized carbons (Fsp3) is 0.786. The number of hydrogen-bond acceptors (Lipinski definition) is 3. The summed E-state index contributed by atoms with van der Waals surface area (Å²) in [6.07, 6.45) is 2.03. The molecule has 3 amide bonds. The molecule has 1 fully saturated rings. The van der Waals surface area contributed by atoms with Gasteiger partial charge in [-0.1, -0.05) is 0 Å². The summed E-state index contributed by atoms with van der Waals surface area (Å²) in [5.41, 5.74) is 0. The Morgan fingerprint density at radius 2 is 1.86 bits per heavy atom. The van der Waals surface area contributed by atoms with E-state index >= 15 is 0 Å². The smallest absolute Gasteiger partial charge is 0.315 e. The first-order valence-electron chi connectivity index (χ1n) is 7.52. The molecule has 1 aliphatic rings. The van der Waals surface area contributed by atoms with E-state index in [0.717, 1.165) is 0 Å². The van der Waals surface area contributed by atoms with Crippen LogP contribution in [0.2, 0.25) is 0 Å². The van der Waals surface area contributed by atoms with E-state index in [9.17, 15) is 14.4 Å². The van der Waals surface area contributed by atoms with E-state index in [-0.39, 0.29) is 36.9 Å². The van der Waals surface area contributed by atoms with Gasteiger partial charge in [-0.15, -0.1) is 0 Å². The minimum Gasteiger partial charge on any atom is -0.481 e. The summed E-state index contributed by atoms with van der Waals surface area (Å²) < 4.78 is 0. The summed E-state index contributed by atoms with van der Waals surface area (Å²) in [7, 11) is 0. The molecule has 0 aliphatic heterocycles. The number of carbonyl (C=O) groups excluding carboxylic acids is 2. The SMILES string of the molecule is CCN(CC)C(=O)CCNC(=O)N[C@H]1CC[C@@H](C(=O)O)C1. The highest BCUT2D eigenvalue weighted by molar-refractivity contribution is 5.78.